The molecular weight excluding hydrogens is 176 g/mol. The van der Waals surface area contributed by atoms with Crippen LogP contribution in [0.3, 0.4) is 0 Å². The minimum absolute atomic E-state index is 0.252. The van der Waals surface area contributed by atoms with Crippen molar-refractivity contribution >= 4 is 5.78 Å². The second kappa shape index (κ2) is 3.12. The van der Waals surface area contributed by atoms with E-state index >= 15 is 0 Å². The van der Waals surface area contributed by atoms with Crippen molar-refractivity contribution in [3.8, 4) is 5.75 Å². The van der Waals surface area contributed by atoms with Gasteiger partial charge in [0.05, 0.1) is 5.41 Å². The first-order valence-electron chi connectivity index (χ1n) is 4.83. The van der Waals surface area contributed by atoms with Gasteiger partial charge in [-0.1, -0.05) is 18.2 Å². The number of ether oxygens (including phenoxy) is 1. The third-order valence-corrected chi connectivity index (χ3v) is 2.67. The zero-order chi connectivity index (χ0) is 10.2. The summed E-state index contributed by atoms with van der Waals surface area (Å²) in [5.74, 6) is 1.11. The molecule has 0 saturated carbocycles. The van der Waals surface area contributed by atoms with Crippen LogP contribution in [0.5, 0.6) is 5.75 Å². The molecule has 0 bridgehead atoms. The van der Waals surface area contributed by atoms with Crippen molar-refractivity contribution in [1.29, 1.82) is 0 Å². The molecule has 1 aromatic carbocycles. The Morgan fingerprint density at radius 3 is 2.79 bits per heavy atom. The van der Waals surface area contributed by atoms with Crippen LogP contribution in [-0.2, 0) is 11.2 Å². The van der Waals surface area contributed by atoms with E-state index < -0.39 is 0 Å². The Bertz CT molecular complexity index is 366. The lowest BCUT2D eigenvalue weighted by molar-refractivity contribution is -0.127. The van der Waals surface area contributed by atoms with E-state index in [4.69, 9.17) is 4.74 Å². The zero-order valence-electron chi connectivity index (χ0n) is 8.54. The number of rotatable bonds is 0. The van der Waals surface area contributed by atoms with Gasteiger partial charge in [0.25, 0.3) is 0 Å². The number of ketones is 1. The van der Waals surface area contributed by atoms with E-state index in [0.717, 1.165) is 11.3 Å². The summed E-state index contributed by atoms with van der Waals surface area (Å²) in [6.07, 6.45) is 0.489. The summed E-state index contributed by atoms with van der Waals surface area (Å²) in [6, 6.07) is 7.74. The van der Waals surface area contributed by atoms with Gasteiger partial charge in [0, 0.05) is 12.0 Å². The Balaban J connectivity index is 2.38. The second-order valence-electron chi connectivity index (χ2n) is 4.38. The lowest BCUT2D eigenvalue weighted by Gasteiger charge is -2.19. The molecule has 0 fully saturated rings. The molecular formula is C12H14O2. The minimum atomic E-state index is -0.362. The Kier molecular flexibility index (Phi) is 2.06. The summed E-state index contributed by atoms with van der Waals surface area (Å²) >= 11 is 0. The van der Waals surface area contributed by atoms with Crippen LogP contribution in [0.2, 0.25) is 0 Å². The van der Waals surface area contributed by atoms with E-state index in [1.54, 1.807) is 0 Å². The Morgan fingerprint density at radius 2 is 2.00 bits per heavy atom. The van der Waals surface area contributed by atoms with Crippen LogP contribution in [0, 0.1) is 5.41 Å². The Morgan fingerprint density at radius 1 is 1.29 bits per heavy atom. The topological polar surface area (TPSA) is 26.3 Å². The number of Topliss-reactive ketones (excluding diaryl/α,β-unsaturated/α-hetero) is 1. The van der Waals surface area contributed by atoms with Gasteiger partial charge in [-0.15, -0.1) is 0 Å². The lowest BCUT2D eigenvalue weighted by atomic mass is 9.86. The highest BCUT2D eigenvalue weighted by molar-refractivity contribution is 5.87. The van der Waals surface area contributed by atoms with E-state index in [9.17, 15) is 4.79 Å². The maximum Gasteiger partial charge on any atom is 0.146 e. The molecule has 0 unspecified atom stereocenters. The number of carbonyl (C=O) groups excluding carboxylic acids is 1. The van der Waals surface area contributed by atoms with Gasteiger partial charge in [0.1, 0.15) is 18.1 Å². The van der Waals surface area contributed by atoms with Gasteiger partial charge in [0.15, 0.2) is 0 Å². The first kappa shape index (κ1) is 9.25. The standard InChI is InChI=1S/C12H14O2/c1-12(2)8-14-10-6-4-3-5-9(10)7-11(12)13/h3-6H,7-8H2,1-2H3. The van der Waals surface area contributed by atoms with Crippen molar-refractivity contribution in [2.24, 2.45) is 5.41 Å². The first-order chi connectivity index (χ1) is 6.59. The number of hydrogen-bond acceptors (Lipinski definition) is 2. The van der Waals surface area contributed by atoms with Gasteiger partial charge in [-0.05, 0) is 19.9 Å². The molecule has 1 heterocycles. The molecule has 2 nitrogen and oxygen atoms in total. The summed E-state index contributed by atoms with van der Waals surface area (Å²) in [4.78, 5) is 11.8. The summed E-state index contributed by atoms with van der Waals surface area (Å²) in [6.45, 7) is 4.34. The summed E-state index contributed by atoms with van der Waals surface area (Å²) in [5, 5.41) is 0. The largest absolute Gasteiger partial charge is 0.492 e. The third-order valence-electron chi connectivity index (χ3n) is 2.67. The fourth-order valence-electron chi connectivity index (χ4n) is 1.54. The van der Waals surface area contributed by atoms with Crippen LogP contribution >= 0.6 is 0 Å². The Hall–Kier alpha value is -1.31. The van der Waals surface area contributed by atoms with Crippen molar-refractivity contribution in [3.05, 3.63) is 29.8 Å². The minimum Gasteiger partial charge on any atom is -0.492 e. The molecule has 74 valence electrons. The van der Waals surface area contributed by atoms with E-state index in [1.807, 2.05) is 38.1 Å². The van der Waals surface area contributed by atoms with Gasteiger partial charge in [-0.25, -0.2) is 0 Å². The fourth-order valence-corrected chi connectivity index (χ4v) is 1.54. The number of para-hydroxylation sites is 1. The van der Waals surface area contributed by atoms with Crippen molar-refractivity contribution in [3.63, 3.8) is 0 Å². The van der Waals surface area contributed by atoms with Crippen LogP contribution in [0.25, 0.3) is 0 Å². The molecule has 0 amide bonds. The van der Waals surface area contributed by atoms with Crippen LogP contribution in [0.4, 0.5) is 0 Å². The predicted octanol–water partition coefficient (Wildman–Crippen LogP) is 2.22. The van der Waals surface area contributed by atoms with E-state index in [2.05, 4.69) is 0 Å². The van der Waals surface area contributed by atoms with E-state index in [-0.39, 0.29) is 11.2 Å². The number of fused-ring (bicyclic) bond motifs is 1. The maximum absolute atomic E-state index is 11.8. The van der Waals surface area contributed by atoms with Gasteiger partial charge in [-0.3, -0.25) is 4.79 Å². The molecule has 0 aromatic heterocycles. The molecule has 0 aliphatic carbocycles. The van der Waals surface area contributed by atoms with E-state index in [0.29, 0.717) is 13.0 Å². The highest BCUT2D eigenvalue weighted by Gasteiger charge is 2.31. The molecule has 2 heteroatoms. The molecule has 1 aliphatic rings. The molecule has 14 heavy (non-hydrogen) atoms. The average Bonchev–Trinajstić information content (AvgIpc) is 2.26. The zero-order valence-corrected chi connectivity index (χ0v) is 8.54. The summed E-state index contributed by atoms with van der Waals surface area (Å²) < 4.78 is 5.61. The quantitative estimate of drug-likeness (QED) is 0.627. The van der Waals surface area contributed by atoms with Crippen LogP contribution in [0.15, 0.2) is 24.3 Å². The lowest BCUT2D eigenvalue weighted by Crippen LogP contribution is -2.30. The highest BCUT2D eigenvalue weighted by Crippen LogP contribution is 2.29. The van der Waals surface area contributed by atoms with Gasteiger partial charge in [-0.2, -0.15) is 0 Å². The van der Waals surface area contributed by atoms with Crippen LogP contribution in [0.1, 0.15) is 19.4 Å². The summed E-state index contributed by atoms with van der Waals surface area (Å²) in [5.41, 5.74) is 0.641. The van der Waals surface area contributed by atoms with Gasteiger partial charge < -0.3 is 4.74 Å². The van der Waals surface area contributed by atoms with Crippen LogP contribution in [-0.4, -0.2) is 12.4 Å². The normalized spacial score (nSPS) is 19.4. The third kappa shape index (κ3) is 1.52. The number of hydrogen-bond donors (Lipinski definition) is 0. The molecule has 0 saturated heterocycles. The summed E-state index contributed by atoms with van der Waals surface area (Å²) in [7, 11) is 0. The van der Waals surface area contributed by atoms with Crippen molar-refractivity contribution in [1.82, 2.24) is 0 Å². The molecule has 1 aromatic rings. The molecule has 0 radical (unpaired) electrons. The van der Waals surface area contributed by atoms with Gasteiger partial charge >= 0.3 is 0 Å². The van der Waals surface area contributed by atoms with E-state index in [1.165, 1.54) is 0 Å². The first-order valence-corrected chi connectivity index (χ1v) is 4.83. The number of benzene rings is 1. The van der Waals surface area contributed by atoms with Gasteiger partial charge in [0.2, 0.25) is 0 Å². The fraction of sp³-hybridized carbons (Fsp3) is 0.417. The molecule has 0 atom stereocenters. The molecule has 1 aliphatic heterocycles. The van der Waals surface area contributed by atoms with Crippen LogP contribution < -0.4 is 4.74 Å². The molecule has 0 spiro atoms. The average molecular weight is 190 g/mol. The smallest absolute Gasteiger partial charge is 0.146 e. The SMILES string of the molecule is CC1(C)COc2ccccc2CC1=O. The van der Waals surface area contributed by atoms with Crippen molar-refractivity contribution < 1.29 is 9.53 Å². The molecule has 0 N–H and O–H groups in total. The second-order valence-corrected chi connectivity index (χ2v) is 4.38. The molecule has 2 rings (SSSR count). The van der Waals surface area contributed by atoms with Crippen molar-refractivity contribution in [2.45, 2.75) is 20.3 Å². The maximum atomic E-state index is 11.8. The monoisotopic (exact) mass is 190 g/mol. The van der Waals surface area contributed by atoms with Crippen molar-refractivity contribution in [2.75, 3.05) is 6.61 Å². The highest BCUT2D eigenvalue weighted by atomic mass is 16.5. The Labute approximate surface area is 83.9 Å². The predicted molar refractivity (Wildman–Crippen MR) is 54.4 cm³/mol. The number of carbonyl (C=O) groups is 1.